The van der Waals surface area contributed by atoms with E-state index in [4.69, 9.17) is 9.47 Å². The minimum absolute atomic E-state index is 0.0211. The zero-order valence-electron chi connectivity index (χ0n) is 10.8. The summed E-state index contributed by atoms with van der Waals surface area (Å²) >= 11 is 0. The summed E-state index contributed by atoms with van der Waals surface area (Å²) in [6.07, 6.45) is 2.64. The van der Waals surface area contributed by atoms with Crippen LogP contribution in [-0.4, -0.2) is 60.1 Å². The molecule has 1 aromatic rings. The van der Waals surface area contributed by atoms with Crippen LogP contribution in [0.4, 0.5) is 0 Å². The van der Waals surface area contributed by atoms with Gasteiger partial charge in [-0.25, -0.2) is 0 Å². The lowest BCUT2D eigenvalue weighted by Crippen LogP contribution is -2.31. The Morgan fingerprint density at radius 1 is 1.56 bits per heavy atom. The Morgan fingerprint density at radius 2 is 2.39 bits per heavy atom. The summed E-state index contributed by atoms with van der Waals surface area (Å²) in [5.74, 6) is 0.0211. The highest BCUT2D eigenvalue weighted by Gasteiger charge is 2.28. The Labute approximate surface area is 106 Å². The van der Waals surface area contributed by atoms with Gasteiger partial charge in [0.05, 0.1) is 19.3 Å². The van der Waals surface area contributed by atoms with Gasteiger partial charge in [-0.1, -0.05) is 0 Å². The van der Waals surface area contributed by atoms with E-state index in [2.05, 4.69) is 5.10 Å². The Bertz CT molecular complexity index is 405. The average Bonchev–Trinajstić information content (AvgIpc) is 2.98. The molecule has 0 aliphatic carbocycles. The molecule has 1 fully saturated rings. The fraction of sp³-hybridized carbons (Fsp3) is 0.667. The maximum atomic E-state index is 12.2. The first kappa shape index (κ1) is 13.0. The highest BCUT2D eigenvalue weighted by Crippen LogP contribution is 2.15. The number of nitrogens with zero attached hydrogens (tertiary/aromatic N) is 3. The van der Waals surface area contributed by atoms with Crippen LogP contribution in [0.3, 0.4) is 0 Å². The highest BCUT2D eigenvalue weighted by molar-refractivity contribution is 5.92. The SMILES string of the molecule is COCCOC1CCN(C(=O)c2ccnn2C)C1. The van der Waals surface area contributed by atoms with Crippen molar-refractivity contribution in [1.82, 2.24) is 14.7 Å². The van der Waals surface area contributed by atoms with E-state index < -0.39 is 0 Å². The average molecular weight is 253 g/mol. The molecule has 0 aromatic carbocycles. The zero-order chi connectivity index (χ0) is 13.0. The number of hydrogen-bond donors (Lipinski definition) is 0. The molecule has 2 heterocycles. The summed E-state index contributed by atoms with van der Waals surface area (Å²) in [5, 5.41) is 4.01. The van der Waals surface area contributed by atoms with Crippen molar-refractivity contribution in [3.8, 4) is 0 Å². The van der Waals surface area contributed by atoms with Gasteiger partial charge in [0.1, 0.15) is 5.69 Å². The molecule has 6 heteroatoms. The number of likely N-dealkylation sites (tertiary alicyclic amines) is 1. The Balaban J connectivity index is 1.85. The molecular weight excluding hydrogens is 234 g/mol. The molecule has 0 radical (unpaired) electrons. The molecule has 1 amide bonds. The van der Waals surface area contributed by atoms with Gasteiger partial charge in [-0.05, 0) is 12.5 Å². The summed E-state index contributed by atoms with van der Waals surface area (Å²) < 4.78 is 12.2. The first-order valence-corrected chi connectivity index (χ1v) is 6.10. The number of aryl methyl sites for hydroxylation is 1. The lowest BCUT2D eigenvalue weighted by atomic mass is 10.3. The molecule has 1 aliphatic rings. The first-order chi connectivity index (χ1) is 8.72. The highest BCUT2D eigenvalue weighted by atomic mass is 16.5. The number of carbonyl (C=O) groups is 1. The van der Waals surface area contributed by atoms with Gasteiger partial charge in [-0.15, -0.1) is 0 Å². The summed E-state index contributed by atoms with van der Waals surface area (Å²) in [4.78, 5) is 14.0. The second-order valence-electron chi connectivity index (χ2n) is 4.37. The molecule has 1 unspecified atom stereocenters. The molecule has 0 N–H and O–H groups in total. The fourth-order valence-electron chi connectivity index (χ4n) is 2.09. The second-order valence-corrected chi connectivity index (χ2v) is 4.37. The van der Waals surface area contributed by atoms with Crippen molar-refractivity contribution in [3.05, 3.63) is 18.0 Å². The first-order valence-electron chi connectivity index (χ1n) is 6.10. The zero-order valence-corrected chi connectivity index (χ0v) is 10.8. The van der Waals surface area contributed by atoms with Crippen molar-refractivity contribution >= 4 is 5.91 Å². The van der Waals surface area contributed by atoms with Gasteiger partial charge in [0.25, 0.3) is 5.91 Å². The largest absolute Gasteiger partial charge is 0.382 e. The number of carbonyl (C=O) groups excluding carboxylic acids is 1. The van der Waals surface area contributed by atoms with E-state index in [0.29, 0.717) is 25.5 Å². The number of rotatable bonds is 5. The molecule has 0 spiro atoms. The number of aromatic nitrogens is 2. The van der Waals surface area contributed by atoms with Crippen LogP contribution in [0.25, 0.3) is 0 Å². The molecule has 0 bridgehead atoms. The topological polar surface area (TPSA) is 56.6 Å². The van der Waals surface area contributed by atoms with Crippen molar-refractivity contribution in [2.24, 2.45) is 7.05 Å². The van der Waals surface area contributed by atoms with Crippen molar-refractivity contribution in [2.45, 2.75) is 12.5 Å². The Morgan fingerprint density at radius 3 is 3.06 bits per heavy atom. The summed E-state index contributed by atoms with van der Waals surface area (Å²) in [7, 11) is 3.42. The molecule has 1 saturated heterocycles. The van der Waals surface area contributed by atoms with Crippen molar-refractivity contribution in [1.29, 1.82) is 0 Å². The molecule has 2 rings (SSSR count). The van der Waals surface area contributed by atoms with Crippen LogP contribution in [0.2, 0.25) is 0 Å². The maximum absolute atomic E-state index is 12.2. The number of amides is 1. The van der Waals surface area contributed by atoms with E-state index in [9.17, 15) is 4.79 Å². The molecule has 1 aromatic heterocycles. The van der Waals surface area contributed by atoms with Gasteiger partial charge in [-0.3, -0.25) is 9.48 Å². The minimum Gasteiger partial charge on any atom is -0.382 e. The van der Waals surface area contributed by atoms with E-state index >= 15 is 0 Å². The molecular formula is C12H19N3O3. The van der Waals surface area contributed by atoms with Crippen molar-refractivity contribution in [2.75, 3.05) is 33.4 Å². The standard InChI is InChI=1S/C12H19N3O3/c1-14-11(3-5-13-14)12(16)15-6-4-10(9-15)18-8-7-17-2/h3,5,10H,4,6-9H2,1-2H3. The lowest BCUT2D eigenvalue weighted by molar-refractivity contribution is 0.0217. The smallest absolute Gasteiger partial charge is 0.272 e. The Kier molecular flexibility index (Phi) is 4.33. The van der Waals surface area contributed by atoms with Crippen LogP contribution in [0.15, 0.2) is 12.3 Å². The van der Waals surface area contributed by atoms with Crippen LogP contribution in [0.1, 0.15) is 16.9 Å². The monoisotopic (exact) mass is 253 g/mol. The van der Waals surface area contributed by atoms with Gasteiger partial charge < -0.3 is 14.4 Å². The predicted octanol–water partition coefficient (Wildman–Crippen LogP) is 0.298. The normalized spacial score (nSPS) is 19.4. The number of hydrogen-bond acceptors (Lipinski definition) is 4. The fourth-order valence-corrected chi connectivity index (χ4v) is 2.09. The van der Waals surface area contributed by atoms with Gasteiger partial charge >= 0.3 is 0 Å². The van der Waals surface area contributed by atoms with E-state index in [-0.39, 0.29) is 12.0 Å². The molecule has 0 saturated carbocycles. The molecule has 18 heavy (non-hydrogen) atoms. The third kappa shape index (κ3) is 2.88. The van der Waals surface area contributed by atoms with Crippen molar-refractivity contribution in [3.63, 3.8) is 0 Å². The third-order valence-electron chi connectivity index (χ3n) is 3.11. The van der Waals surface area contributed by atoms with Crippen LogP contribution in [0.5, 0.6) is 0 Å². The van der Waals surface area contributed by atoms with E-state index in [1.165, 1.54) is 0 Å². The van der Waals surface area contributed by atoms with E-state index in [0.717, 1.165) is 13.0 Å². The maximum Gasteiger partial charge on any atom is 0.272 e. The van der Waals surface area contributed by atoms with Crippen LogP contribution < -0.4 is 0 Å². The molecule has 1 atom stereocenters. The predicted molar refractivity (Wildman–Crippen MR) is 65.3 cm³/mol. The molecule has 6 nitrogen and oxygen atoms in total. The third-order valence-corrected chi connectivity index (χ3v) is 3.11. The summed E-state index contributed by atoms with van der Waals surface area (Å²) in [6.45, 7) is 2.55. The van der Waals surface area contributed by atoms with Gasteiger partial charge in [0.15, 0.2) is 0 Å². The summed E-state index contributed by atoms with van der Waals surface area (Å²) in [5.41, 5.74) is 0.618. The van der Waals surface area contributed by atoms with Crippen molar-refractivity contribution < 1.29 is 14.3 Å². The number of ether oxygens (including phenoxy) is 2. The van der Waals surface area contributed by atoms with Crippen LogP contribution in [-0.2, 0) is 16.5 Å². The second kappa shape index (κ2) is 5.97. The molecule has 1 aliphatic heterocycles. The van der Waals surface area contributed by atoms with E-state index in [1.807, 2.05) is 4.90 Å². The van der Waals surface area contributed by atoms with Crippen LogP contribution >= 0.6 is 0 Å². The van der Waals surface area contributed by atoms with Gasteiger partial charge in [0, 0.05) is 33.4 Å². The van der Waals surface area contributed by atoms with E-state index in [1.54, 1.807) is 31.1 Å². The quantitative estimate of drug-likeness (QED) is 0.708. The molecule has 100 valence electrons. The summed E-state index contributed by atoms with van der Waals surface area (Å²) in [6, 6.07) is 1.74. The Hall–Kier alpha value is -1.40. The lowest BCUT2D eigenvalue weighted by Gasteiger charge is -2.16. The van der Waals surface area contributed by atoms with Gasteiger partial charge in [-0.2, -0.15) is 5.10 Å². The number of methoxy groups -OCH3 is 1. The van der Waals surface area contributed by atoms with Gasteiger partial charge in [0.2, 0.25) is 0 Å². The van der Waals surface area contributed by atoms with Crippen LogP contribution in [0, 0.1) is 0 Å². The minimum atomic E-state index is 0.0211.